The maximum Gasteiger partial charge on any atom is 0.263 e. The Morgan fingerprint density at radius 3 is 3.07 bits per heavy atom. The molecule has 0 bridgehead atoms. The lowest BCUT2D eigenvalue weighted by Gasteiger charge is -2.06. The first-order valence-corrected chi connectivity index (χ1v) is 4.84. The Bertz CT molecular complexity index is 512. The molecular formula is C9H13N5O. The summed E-state index contributed by atoms with van der Waals surface area (Å²) in [6, 6.07) is 0. The Morgan fingerprint density at radius 1 is 1.53 bits per heavy atom. The van der Waals surface area contributed by atoms with Gasteiger partial charge in [-0.1, -0.05) is 13.8 Å². The van der Waals surface area contributed by atoms with Gasteiger partial charge in [0.2, 0.25) is 5.95 Å². The van der Waals surface area contributed by atoms with Crippen LogP contribution in [0, 0.1) is 5.92 Å². The monoisotopic (exact) mass is 207 g/mol. The minimum Gasteiger partial charge on any atom is -0.355 e. The molecule has 0 aliphatic rings. The van der Waals surface area contributed by atoms with Gasteiger partial charge in [-0.3, -0.25) is 14.9 Å². The van der Waals surface area contributed by atoms with E-state index in [4.69, 9.17) is 0 Å². The van der Waals surface area contributed by atoms with Crippen molar-refractivity contribution in [3.63, 3.8) is 0 Å². The summed E-state index contributed by atoms with van der Waals surface area (Å²) in [6.07, 6.45) is 1.47. The van der Waals surface area contributed by atoms with Gasteiger partial charge in [-0.2, -0.15) is 10.1 Å². The number of hydrogen-bond acceptors (Lipinski definition) is 4. The minimum absolute atomic E-state index is 0.181. The molecule has 0 spiro atoms. The van der Waals surface area contributed by atoms with Crippen LogP contribution in [0.5, 0.6) is 0 Å². The molecule has 0 unspecified atom stereocenters. The molecular weight excluding hydrogens is 194 g/mol. The third-order valence-corrected chi connectivity index (χ3v) is 2.00. The predicted octanol–water partition coefficient (Wildman–Crippen LogP) is 0.714. The molecule has 2 rings (SSSR count). The standard InChI is InChI=1S/C9H13N5O/c1-5(2)3-10-9-12-7-6(4-11-14-7)8(15)13-9/h4-5H,3H2,1-2H3,(H3,10,11,12,13,14,15). The number of nitrogens with one attached hydrogen (secondary N) is 3. The Kier molecular flexibility index (Phi) is 2.40. The number of nitrogens with zero attached hydrogens (tertiary/aromatic N) is 2. The molecule has 0 aliphatic heterocycles. The lowest BCUT2D eigenvalue weighted by molar-refractivity contribution is 0.684. The van der Waals surface area contributed by atoms with Crippen LogP contribution in [0.2, 0.25) is 0 Å². The van der Waals surface area contributed by atoms with E-state index in [2.05, 4.69) is 39.3 Å². The van der Waals surface area contributed by atoms with Gasteiger partial charge in [0.15, 0.2) is 5.65 Å². The van der Waals surface area contributed by atoms with Gasteiger partial charge in [0, 0.05) is 6.54 Å². The van der Waals surface area contributed by atoms with Crippen molar-refractivity contribution in [3.8, 4) is 0 Å². The van der Waals surface area contributed by atoms with Crippen molar-refractivity contribution in [2.24, 2.45) is 5.92 Å². The lowest BCUT2D eigenvalue weighted by Crippen LogP contribution is -2.15. The summed E-state index contributed by atoms with van der Waals surface area (Å²) < 4.78 is 0. The second-order valence-corrected chi connectivity index (χ2v) is 3.82. The molecule has 6 heteroatoms. The van der Waals surface area contributed by atoms with Gasteiger partial charge >= 0.3 is 0 Å². The van der Waals surface area contributed by atoms with Gasteiger partial charge in [-0.25, -0.2) is 0 Å². The molecule has 0 radical (unpaired) electrons. The van der Waals surface area contributed by atoms with Crippen molar-refractivity contribution in [2.45, 2.75) is 13.8 Å². The van der Waals surface area contributed by atoms with E-state index >= 15 is 0 Å². The number of fused-ring (bicyclic) bond motifs is 1. The summed E-state index contributed by atoms with van der Waals surface area (Å²) in [7, 11) is 0. The van der Waals surface area contributed by atoms with Crippen molar-refractivity contribution in [2.75, 3.05) is 11.9 Å². The van der Waals surface area contributed by atoms with Gasteiger partial charge in [0.25, 0.3) is 5.56 Å². The van der Waals surface area contributed by atoms with Gasteiger partial charge in [0.05, 0.1) is 6.20 Å². The fourth-order valence-corrected chi connectivity index (χ4v) is 1.23. The van der Waals surface area contributed by atoms with E-state index in [0.29, 0.717) is 22.9 Å². The van der Waals surface area contributed by atoms with Crippen LogP contribution in [0.1, 0.15) is 13.8 Å². The molecule has 3 N–H and O–H groups in total. The molecule has 2 heterocycles. The normalized spacial score (nSPS) is 11.1. The summed E-state index contributed by atoms with van der Waals surface area (Å²) in [4.78, 5) is 18.3. The Morgan fingerprint density at radius 2 is 2.33 bits per heavy atom. The van der Waals surface area contributed by atoms with Crippen molar-refractivity contribution < 1.29 is 0 Å². The van der Waals surface area contributed by atoms with Crippen molar-refractivity contribution in [3.05, 3.63) is 16.6 Å². The number of aromatic nitrogens is 4. The topological polar surface area (TPSA) is 86.5 Å². The summed E-state index contributed by atoms with van der Waals surface area (Å²) in [5.74, 6) is 0.971. The maximum absolute atomic E-state index is 11.5. The van der Waals surface area contributed by atoms with E-state index in [-0.39, 0.29) is 5.56 Å². The van der Waals surface area contributed by atoms with Crippen LogP contribution >= 0.6 is 0 Å². The molecule has 0 saturated carbocycles. The van der Waals surface area contributed by atoms with Crippen molar-refractivity contribution in [1.29, 1.82) is 0 Å². The quantitative estimate of drug-likeness (QED) is 0.692. The number of rotatable bonds is 3. The van der Waals surface area contributed by atoms with E-state index < -0.39 is 0 Å². The maximum atomic E-state index is 11.5. The third-order valence-electron chi connectivity index (χ3n) is 2.00. The van der Waals surface area contributed by atoms with Crippen LogP contribution in [-0.2, 0) is 0 Å². The fourth-order valence-electron chi connectivity index (χ4n) is 1.23. The highest BCUT2D eigenvalue weighted by Gasteiger charge is 2.04. The highest BCUT2D eigenvalue weighted by atomic mass is 16.1. The van der Waals surface area contributed by atoms with E-state index in [1.54, 1.807) is 0 Å². The van der Waals surface area contributed by atoms with Gasteiger partial charge in [-0.05, 0) is 5.92 Å². The average molecular weight is 207 g/mol. The smallest absolute Gasteiger partial charge is 0.263 e. The first kappa shape index (κ1) is 9.70. The molecule has 0 saturated heterocycles. The second kappa shape index (κ2) is 3.72. The van der Waals surface area contributed by atoms with Crippen LogP contribution in [0.3, 0.4) is 0 Å². The molecule has 80 valence electrons. The second-order valence-electron chi connectivity index (χ2n) is 3.82. The van der Waals surface area contributed by atoms with Crippen LogP contribution in [0.25, 0.3) is 11.0 Å². The molecule has 0 aliphatic carbocycles. The van der Waals surface area contributed by atoms with Crippen molar-refractivity contribution >= 4 is 17.0 Å². The van der Waals surface area contributed by atoms with E-state index in [1.807, 2.05) is 0 Å². The molecule has 0 fully saturated rings. The zero-order valence-corrected chi connectivity index (χ0v) is 8.66. The molecule has 15 heavy (non-hydrogen) atoms. The van der Waals surface area contributed by atoms with E-state index in [1.165, 1.54) is 6.20 Å². The summed E-state index contributed by atoms with van der Waals surface area (Å²) in [6.45, 7) is 4.93. The summed E-state index contributed by atoms with van der Waals surface area (Å²) in [5, 5.41) is 9.96. The number of aromatic amines is 2. The molecule has 0 aromatic carbocycles. The minimum atomic E-state index is -0.181. The van der Waals surface area contributed by atoms with Gasteiger partial charge < -0.3 is 5.32 Å². The van der Waals surface area contributed by atoms with Crippen LogP contribution < -0.4 is 10.9 Å². The Balaban J connectivity index is 2.33. The molecule has 6 nitrogen and oxygen atoms in total. The first-order chi connectivity index (χ1) is 7.16. The fraction of sp³-hybridized carbons (Fsp3) is 0.444. The zero-order valence-electron chi connectivity index (χ0n) is 8.66. The molecule has 2 aromatic heterocycles. The highest BCUT2D eigenvalue weighted by molar-refractivity contribution is 5.73. The molecule has 0 amide bonds. The van der Waals surface area contributed by atoms with E-state index in [9.17, 15) is 4.79 Å². The van der Waals surface area contributed by atoms with Crippen molar-refractivity contribution in [1.82, 2.24) is 20.2 Å². The SMILES string of the molecule is CC(C)CNc1nc2[nH]ncc2c(=O)[nH]1. The lowest BCUT2D eigenvalue weighted by atomic mass is 10.2. The molecule has 2 aromatic rings. The number of hydrogen-bond donors (Lipinski definition) is 3. The predicted molar refractivity (Wildman–Crippen MR) is 57.8 cm³/mol. The van der Waals surface area contributed by atoms with Crippen LogP contribution in [-0.4, -0.2) is 26.7 Å². The average Bonchev–Trinajstić information content (AvgIpc) is 2.63. The summed E-state index contributed by atoms with van der Waals surface area (Å²) >= 11 is 0. The summed E-state index contributed by atoms with van der Waals surface area (Å²) in [5.41, 5.74) is 0.324. The number of H-pyrrole nitrogens is 2. The van der Waals surface area contributed by atoms with Gasteiger partial charge in [-0.15, -0.1) is 0 Å². The van der Waals surface area contributed by atoms with Crippen LogP contribution in [0.4, 0.5) is 5.95 Å². The largest absolute Gasteiger partial charge is 0.355 e. The molecule has 0 atom stereocenters. The Labute approximate surface area is 86.1 Å². The zero-order chi connectivity index (χ0) is 10.8. The van der Waals surface area contributed by atoms with Crippen LogP contribution in [0.15, 0.2) is 11.0 Å². The third kappa shape index (κ3) is 1.98. The highest BCUT2D eigenvalue weighted by Crippen LogP contribution is 2.04. The first-order valence-electron chi connectivity index (χ1n) is 4.84. The van der Waals surface area contributed by atoms with E-state index in [0.717, 1.165) is 6.54 Å². The number of anilines is 1. The Hall–Kier alpha value is -1.85. The van der Waals surface area contributed by atoms with Gasteiger partial charge in [0.1, 0.15) is 5.39 Å².